The molecule has 0 bridgehead atoms. The van der Waals surface area contributed by atoms with Gasteiger partial charge in [0.2, 0.25) is 0 Å². The molecule has 3 saturated carbocycles. The fraction of sp³-hybridized carbons (Fsp3) is 0.920. The number of hydrogen-bond acceptors (Lipinski definition) is 6. The van der Waals surface area contributed by atoms with Crippen molar-refractivity contribution < 1.29 is 24.2 Å². The predicted molar refractivity (Wildman–Crippen MR) is 119 cm³/mol. The average molecular weight is 438 g/mol. The Labute approximate surface area is 188 Å². The standard InChI is InChI=1S/C25H43NO5/c1-16-17(14-21(28)31-13-12-26(4)5)8-9-18-22(16)19(27)15-20-24(18,2)10-7-11-25(20,3)23(29)30-6/h16-20,22,27H,7-15H2,1-6H3. The lowest BCUT2D eigenvalue weighted by Crippen LogP contribution is -2.61. The third-order valence-electron chi connectivity index (χ3n) is 9.29. The van der Waals surface area contributed by atoms with Crippen LogP contribution in [-0.4, -0.2) is 62.4 Å². The summed E-state index contributed by atoms with van der Waals surface area (Å²) in [4.78, 5) is 27.2. The monoisotopic (exact) mass is 437 g/mol. The van der Waals surface area contributed by atoms with Crippen LogP contribution in [0, 0.1) is 40.4 Å². The first-order chi connectivity index (χ1) is 14.5. The van der Waals surface area contributed by atoms with Gasteiger partial charge in [0.1, 0.15) is 6.61 Å². The van der Waals surface area contributed by atoms with E-state index in [2.05, 4.69) is 13.8 Å². The van der Waals surface area contributed by atoms with Gasteiger partial charge in [-0.15, -0.1) is 0 Å². The molecule has 0 aromatic carbocycles. The van der Waals surface area contributed by atoms with Crippen LogP contribution in [0.2, 0.25) is 0 Å². The molecular weight excluding hydrogens is 394 g/mol. The topological polar surface area (TPSA) is 76.1 Å². The highest BCUT2D eigenvalue weighted by atomic mass is 16.5. The van der Waals surface area contributed by atoms with Crippen LogP contribution in [-0.2, 0) is 19.1 Å². The molecule has 6 nitrogen and oxygen atoms in total. The van der Waals surface area contributed by atoms with Gasteiger partial charge in [-0.05, 0) is 88.1 Å². The number of aliphatic hydroxyl groups is 1. The van der Waals surface area contributed by atoms with E-state index in [0.29, 0.717) is 25.4 Å². The summed E-state index contributed by atoms with van der Waals surface area (Å²) in [6, 6.07) is 0. The van der Waals surface area contributed by atoms with Gasteiger partial charge in [0.25, 0.3) is 0 Å². The minimum absolute atomic E-state index is 0.0243. The number of fused-ring (bicyclic) bond motifs is 3. The lowest BCUT2D eigenvalue weighted by Gasteiger charge is -2.63. The van der Waals surface area contributed by atoms with Crippen molar-refractivity contribution in [3.05, 3.63) is 0 Å². The quantitative estimate of drug-likeness (QED) is 0.641. The Hall–Kier alpha value is -1.14. The van der Waals surface area contributed by atoms with Gasteiger partial charge in [0.05, 0.1) is 18.6 Å². The summed E-state index contributed by atoms with van der Waals surface area (Å²) < 4.78 is 10.7. The minimum Gasteiger partial charge on any atom is -0.469 e. The number of rotatable bonds is 6. The highest BCUT2D eigenvalue weighted by molar-refractivity contribution is 5.77. The molecule has 1 N–H and O–H groups in total. The maximum Gasteiger partial charge on any atom is 0.311 e. The molecular formula is C25H43NO5. The highest BCUT2D eigenvalue weighted by Gasteiger charge is 2.62. The van der Waals surface area contributed by atoms with Crippen molar-refractivity contribution >= 4 is 11.9 Å². The van der Waals surface area contributed by atoms with Gasteiger partial charge in [-0.25, -0.2) is 0 Å². The first-order valence-electron chi connectivity index (χ1n) is 12.1. The maximum atomic E-state index is 12.8. The van der Waals surface area contributed by atoms with Gasteiger partial charge in [0, 0.05) is 13.0 Å². The molecule has 0 aliphatic heterocycles. The predicted octanol–water partition coefficient (Wildman–Crippen LogP) is 3.51. The maximum absolute atomic E-state index is 12.8. The van der Waals surface area contributed by atoms with E-state index >= 15 is 0 Å². The normalized spacial score (nSPS) is 42.5. The number of carbonyl (C=O) groups excluding carboxylic acids is 2. The Balaban J connectivity index is 1.73. The summed E-state index contributed by atoms with van der Waals surface area (Å²) in [7, 11) is 5.41. The Morgan fingerprint density at radius 1 is 1.16 bits per heavy atom. The Bertz CT molecular complexity index is 666. The van der Waals surface area contributed by atoms with Crippen LogP contribution in [0.3, 0.4) is 0 Å². The van der Waals surface area contributed by atoms with Gasteiger partial charge < -0.3 is 19.5 Å². The van der Waals surface area contributed by atoms with Gasteiger partial charge >= 0.3 is 11.9 Å². The second-order valence-electron chi connectivity index (χ2n) is 11.2. The van der Waals surface area contributed by atoms with Crippen LogP contribution in [0.25, 0.3) is 0 Å². The molecule has 31 heavy (non-hydrogen) atoms. The van der Waals surface area contributed by atoms with E-state index in [-0.39, 0.29) is 41.0 Å². The highest BCUT2D eigenvalue weighted by Crippen LogP contribution is 2.65. The van der Waals surface area contributed by atoms with Gasteiger partial charge in [0.15, 0.2) is 0 Å². The number of aliphatic hydroxyl groups excluding tert-OH is 1. The van der Waals surface area contributed by atoms with Gasteiger partial charge in [-0.1, -0.05) is 20.3 Å². The van der Waals surface area contributed by atoms with Crippen LogP contribution in [0.5, 0.6) is 0 Å². The Morgan fingerprint density at radius 3 is 2.52 bits per heavy atom. The molecule has 3 rings (SSSR count). The number of esters is 2. The second-order valence-corrected chi connectivity index (χ2v) is 11.2. The van der Waals surface area contributed by atoms with Crippen molar-refractivity contribution in [2.45, 2.75) is 71.8 Å². The summed E-state index contributed by atoms with van der Waals surface area (Å²) in [5.41, 5.74) is -0.499. The molecule has 8 atom stereocenters. The van der Waals surface area contributed by atoms with Crippen molar-refractivity contribution in [1.29, 1.82) is 0 Å². The zero-order valence-electron chi connectivity index (χ0n) is 20.4. The summed E-state index contributed by atoms with van der Waals surface area (Å²) in [6.07, 6.45) is 5.59. The molecule has 0 heterocycles. The number of likely N-dealkylation sites (N-methyl/N-ethyl adjacent to an activating group) is 1. The van der Waals surface area contributed by atoms with Crippen LogP contribution >= 0.6 is 0 Å². The number of ether oxygens (including phenoxy) is 2. The van der Waals surface area contributed by atoms with Crippen molar-refractivity contribution in [2.24, 2.45) is 40.4 Å². The zero-order valence-corrected chi connectivity index (χ0v) is 20.4. The minimum atomic E-state index is -0.524. The third kappa shape index (κ3) is 4.52. The Kier molecular flexibility index (Phi) is 7.42. The molecule has 0 aromatic rings. The third-order valence-corrected chi connectivity index (χ3v) is 9.29. The van der Waals surface area contributed by atoms with Crippen LogP contribution in [0.1, 0.15) is 65.7 Å². The van der Waals surface area contributed by atoms with Crippen molar-refractivity contribution in [3.8, 4) is 0 Å². The van der Waals surface area contributed by atoms with E-state index in [9.17, 15) is 14.7 Å². The fourth-order valence-corrected chi connectivity index (χ4v) is 7.58. The van der Waals surface area contributed by atoms with E-state index in [0.717, 1.165) is 38.6 Å². The van der Waals surface area contributed by atoms with E-state index in [4.69, 9.17) is 9.47 Å². The second kappa shape index (κ2) is 9.38. The van der Waals surface area contributed by atoms with Crippen molar-refractivity contribution in [2.75, 3.05) is 34.4 Å². The molecule has 0 spiro atoms. The summed E-state index contributed by atoms with van der Waals surface area (Å²) in [5.74, 6) is 0.949. The molecule has 0 aromatic heterocycles. The molecule has 0 amide bonds. The molecule has 3 aliphatic carbocycles. The SMILES string of the molecule is COC(=O)C1(C)CCCC2(C)C3CCC(CC(=O)OCCN(C)C)C(C)C3C(O)CC12. The lowest BCUT2D eigenvalue weighted by molar-refractivity contribution is -0.197. The summed E-state index contributed by atoms with van der Waals surface area (Å²) >= 11 is 0. The van der Waals surface area contributed by atoms with E-state index in [1.54, 1.807) is 0 Å². The first kappa shape index (κ1) is 24.5. The molecule has 0 saturated heterocycles. The molecule has 6 heteroatoms. The number of methoxy groups -OCH3 is 1. The van der Waals surface area contributed by atoms with E-state index in [1.165, 1.54) is 7.11 Å². The number of hydrogen-bond donors (Lipinski definition) is 1. The molecule has 178 valence electrons. The molecule has 3 fully saturated rings. The van der Waals surface area contributed by atoms with Gasteiger partial charge in [-0.2, -0.15) is 0 Å². The first-order valence-corrected chi connectivity index (χ1v) is 12.1. The zero-order chi connectivity index (χ0) is 23.0. The van der Waals surface area contributed by atoms with E-state index in [1.807, 2.05) is 25.9 Å². The smallest absolute Gasteiger partial charge is 0.311 e. The average Bonchev–Trinajstić information content (AvgIpc) is 2.70. The van der Waals surface area contributed by atoms with Crippen molar-refractivity contribution in [3.63, 3.8) is 0 Å². The summed E-state index contributed by atoms with van der Waals surface area (Å²) in [5, 5.41) is 11.3. The lowest BCUT2D eigenvalue weighted by atomic mass is 9.42. The van der Waals surface area contributed by atoms with E-state index < -0.39 is 11.5 Å². The number of nitrogens with zero attached hydrogens (tertiary/aromatic N) is 1. The van der Waals surface area contributed by atoms with Crippen LogP contribution < -0.4 is 0 Å². The Morgan fingerprint density at radius 2 is 1.87 bits per heavy atom. The van der Waals surface area contributed by atoms with Crippen molar-refractivity contribution in [1.82, 2.24) is 4.90 Å². The summed E-state index contributed by atoms with van der Waals surface area (Å²) in [6.45, 7) is 7.77. The van der Waals surface area contributed by atoms with Crippen LogP contribution in [0.4, 0.5) is 0 Å². The van der Waals surface area contributed by atoms with Gasteiger partial charge in [-0.3, -0.25) is 9.59 Å². The molecule has 0 radical (unpaired) electrons. The number of carbonyl (C=O) groups is 2. The largest absolute Gasteiger partial charge is 0.469 e. The molecule has 3 aliphatic rings. The molecule has 8 unspecified atom stereocenters. The fourth-order valence-electron chi connectivity index (χ4n) is 7.58. The van der Waals surface area contributed by atoms with Crippen LogP contribution in [0.15, 0.2) is 0 Å².